The van der Waals surface area contributed by atoms with E-state index in [1.807, 2.05) is 6.92 Å². The molecule has 1 atom stereocenters. The summed E-state index contributed by atoms with van der Waals surface area (Å²) in [4.78, 5) is 0. The molecule has 2 N–H and O–H groups in total. The molecule has 3 nitrogen and oxygen atoms in total. The van der Waals surface area contributed by atoms with Gasteiger partial charge in [0.2, 0.25) is 0 Å². The van der Waals surface area contributed by atoms with Crippen LogP contribution in [0.5, 0.6) is 0 Å². The van der Waals surface area contributed by atoms with Crippen molar-refractivity contribution in [1.82, 2.24) is 9.78 Å². The molecule has 0 fully saturated rings. The maximum atomic E-state index is 12.2. The van der Waals surface area contributed by atoms with Crippen molar-refractivity contribution in [2.45, 2.75) is 25.6 Å². The molecule has 1 rings (SSSR count). The highest BCUT2D eigenvalue weighted by atomic mass is 19.4. The van der Waals surface area contributed by atoms with E-state index >= 15 is 0 Å². The summed E-state index contributed by atoms with van der Waals surface area (Å²) >= 11 is 0. The molecule has 0 radical (unpaired) electrons. The standard InChI is InChI=1S/C8H12F3N3/c1-2-7(3-12)14-5-6(4-13-14)8(9,10)11/h4-5,7H,2-3,12H2,1H3. The number of hydrogen-bond donors (Lipinski definition) is 1. The molecule has 0 aliphatic rings. The van der Waals surface area contributed by atoms with E-state index in [1.165, 1.54) is 4.68 Å². The molecule has 1 aromatic rings. The fraction of sp³-hybridized carbons (Fsp3) is 0.625. The number of nitrogens with two attached hydrogens (primary N) is 1. The van der Waals surface area contributed by atoms with E-state index in [1.54, 1.807) is 0 Å². The third-order valence-electron chi connectivity index (χ3n) is 2.05. The van der Waals surface area contributed by atoms with Crippen LogP contribution in [-0.2, 0) is 6.18 Å². The zero-order chi connectivity index (χ0) is 10.8. The molecule has 0 saturated heterocycles. The predicted molar refractivity (Wildman–Crippen MR) is 45.6 cm³/mol. The molecule has 0 bridgehead atoms. The van der Waals surface area contributed by atoms with Crippen molar-refractivity contribution in [1.29, 1.82) is 0 Å². The average molecular weight is 207 g/mol. The third kappa shape index (κ3) is 2.25. The van der Waals surface area contributed by atoms with Gasteiger partial charge in [0.1, 0.15) is 0 Å². The number of alkyl halides is 3. The molecule has 1 heterocycles. The summed E-state index contributed by atoms with van der Waals surface area (Å²) in [5.41, 5.74) is 4.66. The van der Waals surface area contributed by atoms with Gasteiger partial charge in [0.05, 0.1) is 17.8 Å². The SMILES string of the molecule is CCC(CN)n1cc(C(F)(F)F)cn1. The quantitative estimate of drug-likeness (QED) is 0.821. The van der Waals surface area contributed by atoms with E-state index in [2.05, 4.69) is 5.10 Å². The van der Waals surface area contributed by atoms with Crippen molar-refractivity contribution >= 4 is 0 Å². The Morgan fingerprint density at radius 2 is 2.21 bits per heavy atom. The Balaban J connectivity index is 2.87. The second-order valence-corrected chi connectivity index (χ2v) is 3.00. The van der Waals surface area contributed by atoms with Crippen LogP contribution in [0.3, 0.4) is 0 Å². The molecule has 0 aromatic carbocycles. The first kappa shape index (κ1) is 11.0. The fourth-order valence-corrected chi connectivity index (χ4v) is 1.15. The van der Waals surface area contributed by atoms with Gasteiger partial charge >= 0.3 is 6.18 Å². The molecule has 1 aromatic heterocycles. The van der Waals surface area contributed by atoms with E-state index in [0.717, 1.165) is 12.4 Å². The third-order valence-corrected chi connectivity index (χ3v) is 2.05. The summed E-state index contributed by atoms with van der Waals surface area (Å²) in [5.74, 6) is 0. The van der Waals surface area contributed by atoms with Gasteiger partial charge in [-0.05, 0) is 6.42 Å². The smallest absolute Gasteiger partial charge is 0.328 e. The molecule has 0 amide bonds. The Labute approximate surface area is 79.7 Å². The molecular formula is C8H12F3N3. The largest absolute Gasteiger partial charge is 0.419 e. The Kier molecular flexibility index (Phi) is 3.15. The Morgan fingerprint density at radius 1 is 1.57 bits per heavy atom. The van der Waals surface area contributed by atoms with Crippen LogP contribution in [0.15, 0.2) is 12.4 Å². The molecule has 14 heavy (non-hydrogen) atoms. The number of aromatic nitrogens is 2. The van der Waals surface area contributed by atoms with Crippen LogP contribution in [0.1, 0.15) is 24.9 Å². The van der Waals surface area contributed by atoms with Crippen molar-refractivity contribution in [3.8, 4) is 0 Å². The minimum atomic E-state index is -4.33. The highest BCUT2D eigenvalue weighted by molar-refractivity contribution is 5.08. The minimum absolute atomic E-state index is 0.161. The van der Waals surface area contributed by atoms with E-state index < -0.39 is 11.7 Å². The van der Waals surface area contributed by atoms with Crippen molar-refractivity contribution in [2.75, 3.05) is 6.54 Å². The number of rotatable bonds is 3. The predicted octanol–water partition coefficient (Wildman–Crippen LogP) is 1.81. The molecule has 6 heteroatoms. The molecule has 1 unspecified atom stereocenters. The van der Waals surface area contributed by atoms with Crippen LogP contribution in [0, 0.1) is 0 Å². The Hall–Kier alpha value is -1.04. The zero-order valence-corrected chi connectivity index (χ0v) is 7.75. The monoisotopic (exact) mass is 207 g/mol. The van der Waals surface area contributed by atoms with Gasteiger partial charge < -0.3 is 5.73 Å². The molecular weight excluding hydrogens is 195 g/mol. The summed E-state index contributed by atoms with van der Waals surface area (Å²) in [6.45, 7) is 2.14. The zero-order valence-electron chi connectivity index (χ0n) is 7.75. The summed E-state index contributed by atoms with van der Waals surface area (Å²) in [5, 5.41) is 3.64. The lowest BCUT2D eigenvalue weighted by atomic mass is 10.2. The van der Waals surface area contributed by atoms with Gasteiger partial charge in [-0.3, -0.25) is 4.68 Å². The Morgan fingerprint density at radius 3 is 2.57 bits per heavy atom. The topological polar surface area (TPSA) is 43.8 Å². The van der Waals surface area contributed by atoms with Crippen LogP contribution in [0.2, 0.25) is 0 Å². The highest BCUT2D eigenvalue weighted by Crippen LogP contribution is 2.29. The van der Waals surface area contributed by atoms with E-state index in [-0.39, 0.29) is 12.6 Å². The Bertz CT molecular complexity index is 288. The van der Waals surface area contributed by atoms with Gasteiger partial charge in [0, 0.05) is 12.7 Å². The average Bonchev–Trinajstić information content (AvgIpc) is 2.54. The van der Waals surface area contributed by atoms with Crippen molar-refractivity contribution < 1.29 is 13.2 Å². The first-order valence-electron chi connectivity index (χ1n) is 4.30. The second kappa shape index (κ2) is 4.00. The van der Waals surface area contributed by atoms with Crippen LogP contribution in [0.25, 0.3) is 0 Å². The van der Waals surface area contributed by atoms with Crippen LogP contribution >= 0.6 is 0 Å². The normalized spacial score (nSPS) is 14.4. The minimum Gasteiger partial charge on any atom is -0.328 e. The summed E-state index contributed by atoms with van der Waals surface area (Å²) in [6.07, 6.45) is -1.86. The molecule has 0 aliphatic carbocycles. The maximum absolute atomic E-state index is 12.2. The van der Waals surface area contributed by atoms with Gasteiger partial charge in [-0.15, -0.1) is 0 Å². The lowest BCUT2D eigenvalue weighted by Gasteiger charge is -2.12. The van der Waals surface area contributed by atoms with Crippen LogP contribution < -0.4 is 5.73 Å². The lowest BCUT2D eigenvalue weighted by Crippen LogP contribution is -2.18. The van der Waals surface area contributed by atoms with Crippen LogP contribution in [0.4, 0.5) is 13.2 Å². The lowest BCUT2D eigenvalue weighted by molar-refractivity contribution is -0.137. The fourth-order valence-electron chi connectivity index (χ4n) is 1.15. The van der Waals surface area contributed by atoms with Crippen LogP contribution in [-0.4, -0.2) is 16.3 Å². The summed E-state index contributed by atoms with van der Waals surface area (Å²) < 4.78 is 37.8. The van der Waals surface area contributed by atoms with Crippen molar-refractivity contribution in [2.24, 2.45) is 5.73 Å². The highest BCUT2D eigenvalue weighted by Gasteiger charge is 2.32. The van der Waals surface area contributed by atoms with Gasteiger partial charge in [-0.2, -0.15) is 18.3 Å². The van der Waals surface area contributed by atoms with Gasteiger partial charge in [0.15, 0.2) is 0 Å². The molecule has 80 valence electrons. The molecule has 0 aliphatic heterocycles. The second-order valence-electron chi connectivity index (χ2n) is 3.00. The molecule has 0 spiro atoms. The first-order chi connectivity index (χ1) is 6.49. The van der Waals surface area contributed by atoms with Crippen molar-refractivity contribution in [3.05, 3.63) is 18.0 Å². The molecule has 0 saturated carbocycles. The van der Waals surface area contributed by atoms with Gasteiger partial charge in [-0.25, -0.2) is 0 Å². The van der Waals surface area contributed by atoms with E-state index in [9.17, 15) is 13.2 Å². The van der Waals surface area contributed by atoms with Crippen molar-refractivity contribution in [3.63, 3.8) is 0 Å². The van der Waals surface area contributed by atoms with E-state index in [0.29, 0.717) is 6.42 Å². The first-order valence-corrected chi connectivity index (χ1v) is 4.30. The maximum Gasteiger partial charge on any atom is 0.419 e. The number of hydrogen-bond acceptors (Lipinski definition) is 2. The number of nitrogens with zero attached hydrogens (tertiary/aromatic N) is 2. The van der Waals surface area contributed by atoms with Gasteiger partial charge in [0.25, 0.3) is 0 Å². The number of halogens is 3. The summed E-state index contributed by atoms with van der Waals surface area (Å²) in [7, 11) is 0. The van der Waals surface area contributed by atoms with Gasteiger partial charge in [-0.1, -0.05) is 6.92 Å². The summed E-state index contributed by atoms with van der Waals surface area (Å²) in [6, 6.07) is -0.161. The van der Waals surface area contributed by atoms with E-state index in [4.69, 9.17) is 5.73 Å².